The van der Waals surface area contributed by atoms with Crippen LogP contribution in [0.4, 0.5) is 5.69 Å². The molecule has 1 atom stereocenters. The van der Waals surface area contributed by atoms with Crippen LogP contribution >= 0.6 is 0 Å². The Hall–Kier alpha value is -3.86. The molecule has 8 nitrogen and oxygen atoms in total. The lowest BCUT2D eigenvalue weighted by atomic mass is 10.1. The normalized spacial score (nSPS) is 14.5. The fraction of sp³-hybridized carbons (Fsp3) is 0.304. The van der Waals surface area contributed by atoms with Crippen molar-refractivity contribution in [3.63, 3.8) is 0 Å². The third-order valence-electron chi connectivity index (χ3n) is 5.17. The van der Waals surface area contributed by atoms with E-state index in [2.05, 4.69) is 9.88 Å². The van der Waals surface area contributed by atoms with Gasteiger partial charge in [-0.05, 0) is 75.6 Å². The molecule has 1 aliphatic carbocycles. The van der Waals surface area contributed by atoms with Crippen LogP contribution in [0.5, 0.6) is 0 Å². The molecule has 1 fully saturated rings. The van der Waals surface area contributed by atoms with Crippen LogP contribution in [0.15, 0.2) is 35.9 Å². The molecule has 0 radical (unpaired) electrons. The summed E-state index contributed by atoms with van der Waals surface area (Å²) in [4.78, 5) is 35.9. The number of amides is 2. The fourth-order valence-corrected chi connectivity index (χ4v) is 3.37. The number of rotatable bonds is 7. The summed E-state index contributed by atoms with van der Waals surface area (Å²) in [5.74, 6) is -2.01. The van der Waals surface area contributed by atoms with E-state index >= 15 is 0 Å². The summed E-state index contributed by atoms with van der Waals surface area (Å²) in [6.07, 6.45) is 2.63. The number of carbonyl (C=O) groups excluding carboxylic acids is 3. The van der Waals surface area contributed by atoms with Gasteiger partial charge in [0.15, 0.2) is 6.10 Å². The molecule has 0 saturated heterocycles. The molecular formula is C23H24N4O4. The van der Waals surface area contributed by atoms with Crippen LogP contribution in [-0.2, 0) is 14.3 Å². The van der Waals surface area contributed by atoms with Crippen LogP contribution in [-0.4, -0.2) is 28.5 Å². The number of benzene rings is 1. The van der Waals surface area contributed by atoms with E-state index in [0.717, 1.165) is 29.8 Å². The maximum absolute atomic E-state index is 12.5. The second kappa shape index (κ2) is 8.88. The molecule has 1 aliphatic rings. The first kappa shape index (κ1) is 21.8. The van der Waals surface area contributed by atoms with Crippen LogP contribution in [0.2, 0.25) is 0 Å². The minimum Gasteiger partial charge on any atom is -0.448 e. The minimum absolute atomic E-state index is 0.179. The number of nitrogens with zero attached hydrogens (tertiary/aromatic N) is 2. The number of carbonyl (C=O) groups is 3. The molecule has 1 aromatic heterocycles. The number of aromatic nitrogens is 1. The Labute approximate surface area is 180 Å². The van der Waals surface area contributed by atoms with Crippen LogP contribution in [0, 0.1) is 25.2 Å². The van der Waals surface area contributed by atoms with Gasteiger partial charge in [-0.1, -0.05) is 0 Å². The van der Waals surface area contributed by atoms with Crippen LogP contribution in [0.25, 0.3) is 6.08 Å². The van der Waals surface area contributed by atoms with Crippen LogP contribution < -0.4 is 11.1 Å². The third-order valence-corrected chi connectivity index (χ3v) is 5.17. The molecule has 3 N–H and O–H groups in total. The number of nitrogens with two attached hydrogens (primary N) is 1. The van der Waals surface area contributed by atoms with Gasteiger partial charge in [0.05, 0.1) is 0 Å². The van der Waals surface area contributed by atoms with Gasteiger partial charge in [0.25, 0.3) is 5.91 Å². The zero-order chi connectivity index (χ0) is 22.7. The van der Waals surface area contributed by atoms with E-state index in [1.165, 1.54) is 37.3 Å². The zero-order valence-electron chi connectivity index (χ0n) is 17.6. The molecule has 2 aromatic rings. The SMILES string of the molecule is Cc1cc(/C=C(\C#N)C(=O)O[C@H](C)C(=O)Nc2ccc(C(N)=O)cc2)c(C)n1C1CC1. The highest BCUT2D eigenvalue weighted by atomic mass is 16.5. The van der Waals surface area contributed by atoms with Crippen LogP contribution in [0.3, 0.4) is 0 Å². The summed E-state index contributed by atoms with van der Waals surface area (Å²) in [5.41, 5.74) is 8.58. The van der Waals surface area contributed by atoms with Crippen molar-refractivity contribution in [2.45, 2.75) is 45.8 Å². The largest absolute Gasteiger partial charge is 0.448 e. The van der Waals surface area contributed by atoms with E-state index in [1.54, 1.807) is 0 Å². The summed E-state index contributed by atoms with van der Waals surface area (Å²) in [6, 6.07) is 10.3. The fourth-order valence-electron chi connectivity index (χ4n) is 3.37. The smallest absolute Gasteiger partial charge is 0.349 e. The lowest BCUT2D eigenvalue weighted by Crippen LogP contribution is -2.30. The number of ether oxygens (including phenoxy) is 1. The average Bonchev–Trinajstić information content (AvgIpc) is 3.51. The second-order valence-electron chi connectivity index (χ2n) is 7.58. The molecule has 0 bridgehead atoms. The van der Waals surface area contributed by atoms with Crippen molar-refractivity contribution in [2.75, 3.05) is 5.32 Å². The van der Waals surface area contributed by atoms with E-state index in [4.69, 9.17) is 10.5 Å². The lowest BCUT2D eigenvalue weighted by Gasteiger charge is -2.13. The standard InChI is InChI=1S/C23H24N4O4/c1-13-10-17(14(2)27(13)20-8-9-20)11-18(12-24)23(30)31-15(3)22(29)26-19-6-4-16(5-7-19)21(25)28/h4-7,10-11,15,20H,8-9H2,1-3H3,(H2,25,28)(H,26,29)/b18-11+/t15-/m1/s1. The minimum atomic E-state index is -1.13. The number of esters is 1. The summed E-state index contributed by atoms with van der Waals surface area (Å²) in [7, 11) is 0. The molecule has 31 heavy (non-hydrogen) atoms. The first-order valence-corrected chi connectivity index (χ1v) is 9.93. The number of hydrogen-bond donors (Lipinski definition) is 2. The Morgan fingerprint density at radius 1 is 1.26 bits per heavy atom. The summed E-state index contributed by atoms with van der Waals surface area (Å²) >= 11 is 0. The molecule has 3 rings (SSSR count). The van der Waals surface area contributed by atoms with E-state index in [9.17, 15) is 19.6 Å². The number of hydrogen-bond acceptors (Lipinski definition) is 5. The highest BCUT2D eigenvalue weighted by Gasteiger charge is 2.27. The average molecular weight is 420 g/mol. The number of aryl methyl sites for hydroxylation is 1. The third kappa shape index (κ3) is 5.01. The van der Waals surface area contributed by atoms with Crippen molar-refractivity contribution in [1.82, 2.24) is 4.57 Å². The van der Waals surface area contributed by atoms with Gasteiger partial charge in [0.1, 0.15) is 11.6 Å². The molecule has 1 aromatic carbocycles. The van der Waals surface area contributed by atoms with Gasteiger partial charge in [0.2, 0.25) is 5.91 Å². The topological polar surface area (TPSA) is 127 Å². The Bertz CT molecular complexity index is 1100. The van der Waals surface area contributed by atoms with Gasteiger partial charge in [-0.25, -0.2) is 4.79 Å². The second-order valence-corrected chi connectivity index (χ2v) is 7.58. The molecule has 0 unspecified atom stereocenters. The number of primary amides is 1. The Balaban J connectivity index is 1.66. The summed E-state index contributed by atoms with van der Waals surface area (Å²) < 4.78 is 7.40. The molecule has 0 aliphatic heterocycles. The maximum atomic E-state index is 12.5. The van der Waals surface area contributed by atoms with Gasteiger partial charge in [-0.3, -0.25) is 9.59 Å². The Kier molecular flexibility index (Phi) is 6.25. The summed E-state index contributed by atoms with van der Waals surface area (Å²) in [5, 5.41) is 12.0. The molecule has 1 heterocycles. The predicted molar refractivity (Wildman–Crippen MR) is 115 cm³/mol. The molecule has 2 amide bonds. The first-order valence-electron chi connectivity index (χ1n) is 9.93. The molecule has 0 spiro atoms. The van der Waals surface area contributed by atoms with Crippen molar-refractivity contribution < 1.29 is 19.1 Å². The van der Waals surface area contributed by atoms with E-state index in [0.29, 0.717) is 17.3 Å². The summed E-state index contributed by atoms with van der Waals surface area (Å²) in [6.45, 7) is 5.37. The molecule has 160 valence electrons. The van der Waals surface area contributed by atoms with Crippen molar-refractivity contribution in [2.24, 2.45) is 5.73 Å². The quantitative estimate of drug-likeness (QED) is 0.404. The van der Waals surface area contributed by atoms with E-state index < -0.39 is 23.9 Å². The van der Waals surface area contributed by atoms with Gasteiger partial charge in [-0.15, -0.1) is 0 Å². The maximum Gasteiger partial charge on any atom is 0.349 e. The number of nitriles is 1. The van der Waals surface area contributed by atoms with Crippen LogP contribution in [0.1, 0.15) is 53.1 Å². The van der Waals surface area contributed by atoms with Crippen molar-refractivity contribution in [1.29, 1.82) is 5.26 Å². The van der Waals surface area contributed by atoms with Gasteiger partial charge < -0.3 is 20.4 Å². The predicted octanol–water partition coefficient (Wildman–Crippen LogP) is 3.02. The van der Waals surface area contributed by atoms with Crippen molar-refractivity contribution in [3.05, 3.63) is 58.4 Å². The Morgan fingerprint density at radius 2 is 1.90 bits per heavy atom. The molecule has 1 saturated carbocycles. The highest BCUT2D eigenvalue weighted by molar-refractivity contribution is 6.01. The van der Waals surface area contributed by atoms with Gasteiger partial charge >= 0.3 is 5.97 Å². The lowest BCUT2D eigenvalue weighted by molar-refractivity contribution is -0.148. The highest BCUT2D eigenvalue weighted by Crippen LogP contribution is 2.38. The van der Waals surface area contributed by atoms with Gasteiger partial charge in [-0.2, -0.15) is 5.26 Å². The molecule has 8 heteroatoms. The van der Waals surface area contributed by atoms with E-state index in [1.807, 2.05) is 26.0 Å². The van der Waals surface area contributed by atoms with Gasteiger partial charge in [0, 0.05) is 28.7 Å². The molecular weight excluding hydrogens is 396 g/mol. The van der Waals surface area contributed by atoms with Crippen molar-refractivity contribution in [3.8, 4) is 6.07 Å². The Morgan fingerprint density at radius 3 is 2.45 bits per heavy atom. The number of nitrogens with one attached hydrogen (secondary N) is 1. The monoisotopic (exact) mass is 420 g/mol. The zero-order valence-corrected chi connectivity index (χ0v) is 17.6. The van der Waals surface area contributed by atoms with Crippen molar-refractivity contribution >= 4 is 29.5 Å². The first-order chi connectivity index (χ1) is 14.7. The number of anilines is 1. The van der Waals surface area contributed by atoms with E-state index in [-0.39, 0.29) is 5.57 Å².